The van der Waals surface area contributed by atoms with Gasteiger partial charge in [-0.15, -0.1) is 0 Å². The van der Waals surface area contributed by atoms with Gasteiger partial charge in [-0.1, -0.05) is 0 Å². The van der Waals surface area contributed by atoms with Crippen LogP contribution in [0.15, 0.2) is 0 Å². The fraction of sp³-hybridized carbons (Fsp3) is 1.00. The molecule has 0 aromatic heterocycles. The molecule has 0 amide bonds. The molecule has 2 N–H and O–H groups in total. The maximum absolute atomic E-state index is 6.11. The van der Waals surface area contributed by atoms with Gasteiger partial charge in [0.25, 0.3) is 0 Å². The van der Waals surface area contributed by atoms with Crippen LogP contribution < -0.4 is 5.73 Å². The molecule has 0 aliphatic heterocycles. The molecule has 0 saturated carbocycles. The minimum absolute atomic E-state index is 0.262. The van der Waals surface area contributed by atoms with E-state index in [1.807, 2.05) is 0 Å². The van der Waals surface area contributed by atoms with Crippen molar-refractivity contribution in [1.29, 1.82) is 0 Å². The number of hydrogen-bond donors (Lipinski definition) is 1. The summed E-state index contributed by atoms with van der Waals surface area (Å²) in [5, 5.41) is 0. The van der Waals surface area contributed by atoms with Gasteiger partial charge in [-0.3, -0.25) is 0 Å². The molecule has 1 unspecified atom stereocenters. The molecule has 0 heterocycles. The molecule has 0 radical (unpaired) electrons. The molecule has 0 aromatic rings. The van der Waals surface area contributed by atoms with Crippen LogP contribution in [0, 0.1) is 0 Å². The van der Waals surface area contributed by atoms with Crippen LogP contribution in [0.25, 0.3) is 0 Å². The zero-order valence-electron chi connectivity index (χ0n) is 11.4. The average Bonchev–Trinajstić information content (AvgIpc) is 2.29. The summed E-state index contributed by atoms with van der Waals surface area (Å²) in [4.78, 5) is 0. The Kier molecular flexibility index (Phi) is 10.1. The van der Waals surface area contributed by atoms with E-state index in [4.69, 9.17) is 11.9 Å². The molecule has 0 saturated heterocycles. The van der Waals surface area contributed by atoms with Crippen molar-refractivity contribution in [1.82, 2.24) is 0 Å². The molecule has 4 heteroatoms. The maximum atomic E-state index is 6.11. The van der Waals surface area contributed by atoms with Crippen molar-refractivity contribution in [3.8, 4) is 0 Å². The summed E-state index contributed by atoms with van der Waals surface area (Å²) < 4.78 is 14.4. The predicted octanol–water partition coefficient (Wildman–Crippen LogP) is 3.04. The zero-order valence-corrected chi connectivity index (χ0v) is 14.3. The minimum atomic E-state index is -2.75. The van der Waals surface area contributed by atoms with Crippen molar-refractivity contribution < 1.29 is 6.15 Å². The Morgan fingerprint density at radius 1 is 1.06 bits per heavy atom. The van der Waals surface area contributed by atoms with Crippen LogP contribution in [-0.4, -0.2) is 38.5 Å². The molecule has 0 spiro atoms. The van der Waals surface area contributed by atoms with Gasteiger partial charge in [-0.25, -0.2) is 0 Å². The predicted molar refractivity (Wildman–Crippen MR) is 71.8 cm³/mol. The van der Waals surface area contributed by atoms with Crippen molar-refractivity contribution in [2.75, 3.05) is 13.2 Å². The quantitative estimate of drug-likeness (QED) is 0.623. The van der Waals surface area contributed by atoms with Gasteiger partial charge in [-0.05, 0) is 0 Å². The van der Waals surface area contributed by atoms with Gasteiger partial charge in [0.1, 0.15) is 0 Å². The molecular formula is C12H29NO2Sn. The van der Waals surface area contributed by atoms with E-state index in [2.05, 4.69) is 27.7 Å². The normalized spacial score (nSPS) is 14.1. The molecule has 0 aliphatic carbocycles. The Balaban J connectivity index is 4.27. The van der Waals surface area contributed by atoms with Gasteiger partial charge in [0.05, 0.1) is 0 Å². The monoisotopic (exact) mass is 339 g/mol. The van der Waals surface area contributed by atoms with Gasteiger partial charge >= 0.3 is 106 Å². The van der Waals surface area contributed by atoms with E-state index in [1.165, 1.54) is 0 Å². The molecule has 16 heavy (non-hydrogen) atoms. The van der Waals surface area contributed by atoms with Crippen LogP contribution in [-0.2, 0) is 6.15 Å². The number of rotatable bonds is 10. The van der Waals surface area contributed by atoms with E-state index in [9.17, 15) is 0 Å². The Bertz CT molecular complexity index is 157. The van der Waals surface area contributed by atoms with E-state index < -0.39 is 19.2 Å². The Morgan fingerprint density at radius 3 is 1.88 bits per heavy atom. The van der Waals surface area contributed by atoms with Crippen LogP contribution >= 0.6 is 0 Å². The molecule has 1 atom stereocenters. The van der Waals surface area contributed by atoms with E-state index in [1.54, 1.807) is 0 Å². The van der Waals surface area contributed by atoms with Crippen molar-refractivity contribution >= 4 is 19.2 Å². The SMILES string of the molecule is CCC[O][Sn]([CH2]C)([CH2]CC(C)N)[O]CCC. The van der Waals surface area contributed by atoms with Crippen LogP contribution in [0.3, 0.4) is 0 Å². The number of hydrogen-bond acceptors (Lipinski definition) is 3. The summed E-state index contributed by atoms with van der Waals surface area (Å²) in [6.45, 7) is 10.3. The summed E-state index contributed by atoms with van der Waals surface area (Å²) >= 11 is -2.75. The summed E-state index contributed by atoms with van der Waals surface area (Å²) in [5.41, 5.74) is 5.83. The molecule has 3 nitrogen and oxygen atoms in total. The van der Waals surface area contributed by atoms with Crippen LogP contribution in [0.2, 0.25) is 8.87 Å². The standard InChI is InChI=1S/C4H10N.2C3H7O.C2H5.Sn/c1-3-4(2)5;2*1-2-3-4;1-2;/h4H,1,3,5H2,2H3;2*2-3H2,1H3;1H2,2H3;/q;2*-1;;+2. The topological polar surface area (TPSA) is 44.5 Å². The van der Waals surface area contributed by atoms with Gasteiger partial charge in [-0.2, -0.15) is 0 Å². The van der Waals surface area contributed by atoms with Gasteiger partial charge in [0.15, 0.2) is 0 Å². The first-order valence-corrected chi connectivity index (χ1v) is 13.0. The van der Waals surface area contributed by atoms with Crippen molar-refractivity contribution in [2.45, 2.75) is 61.9 Å². The first-order valence-electron chi connectivity index (χ1n) is 6.63. The van der Waals surface area contributed by atoms with Crippen molar-refractivity contribution in [3.63, 3.8) is 0 Å². The fourth-order valence-corrected chi connectivity index (χ4v) is 10.7. The first-order chi connectivity index (χ1) is 7.60. The second-order valence-corrected chi connectivity index (χ2v) is 14.8. The van der Waals surface area contributed by atoms with Crippen LogP contribution in [0.4, 0.5) is 0 Å². The third-order valence-corrected chi connectivity index (χ3v) is 12.9. The Labute approximate surface area is 106 Å². The first kappa shape index (κ1) is 16.7. The van der Waals surface area contributed by atoms with Crippen molar-refractivity contribution in [2.24, 2.45) is 5.73 Å². The third kappa shape index (κ3) is 7.09. The molecule has 0 fully saturated rings. The molecule has 0 bridgehead atoms. The fourth-order valence-electron chi connectivity index (χ4n) is 1.59. The van der Waals surface area contributed by atoms with Crippen molar-refractivity contribution in [3.05, 3.63) is 0 Å². The Hall–Kier alpha value is 0.679. The van der Waals surface area contributed by atoms with Gasteiger partial charge in [0, 0.05) is 0 Å². The van der Waals surface area contributed by atoms with E-state index in [0.29, 0.717) is 0 Å². The summed E-state index contributed by atoms with van der Waals surface area (Å²) in [6, 6.07) is 0.262. The van der Waals surface area contributed by atoms with Gasteiger partial charge < -0.3 is 0 Å². The average molecular weight is 338 g/mol. The Morgan fingerprint density at radius 2 is 1.56 bits per heavy atom. The van der Waals surface area contributed by atoms with Crippen LogP contribution in [0.1, 0.15) is 47.0 Å². The number of nitrogens with two attached hydrogens (primary N) is 1. The molecule has 0 aliphatic rings. The van der Waals surface area contributed by atoms with E-state index >= 15 is 0 Å². The van der Waals surface area contributed by atoms with Crippen LogP contribution in [0.5, 0.6) is 0 Å². The summed E-state index contributed by atoms with van der Waals surface area (Å²) in [5.74, 6) is 0. The summed E-state index contributed by atoms with van der Waals surface area (Å²) in [6.07, 6.45) is 3.19. The molecular weight excluding hydrogens is 309 g/mol. The second kappa shape index (κ2) is 9.68. The third-order valence-electron chi connectivity index (χ3n) is 2.66. The second-order valence-electron chi connectivity index (χ2n) is 4.48. The van der Waals surface area contributed by atoms with Gasteiger partial charge in [0.2, 0.25) is 0 Å². The van der Waals surface area contributed by atoms with E-state index in [0.717, 1.165) is 41.3 Å². The molecule has 0 rings (SSSR count). The zero-order chi connectivity index (χ0) is 12.4. The summed E-state index contributed by atoms with van der Waals surface area (Å²) in [7, 11) is 0. The van der Waals surface area contributed by atoms with E-state index in [-0.39, 0.29) is 6.04 Å². The molecule has 98 valence electrons. The molecule has 0 aromatic carbocycles.